The van der Waals surface area contributed by atoms with Crippen LogP contribution in [0.15, 0.2) is 54.6 Å². The number of methoxy groups -OCH3 is 1. The van der Waals surface area contributed by atoms with Gasteiger partial charge in [0.1, 0.15) is 5.75 Å². The summed E-state index contributed by atoms with van der Waals surface area (Å²) in [6.07, 6.45) is 1.83. The highest BCUT2D eigenvalue weighted by Crippen LogP contribution is 2.29. The molecule has 0 aliphatic carbocycles. The second kappa shape index (κ2) is 7.70. The third-order valence-corrected chi connectivity index (χ3v) is 4.62. The summed E-state index contributed by atoms with van der Waals surface area (Å²) in [7, 11) is 1.64. The number of aryl methyl sites for hydroxylation is 1. The Kier molecular flexibility index (Phi) is 5.37. The molecular weight excluding hydrogens is 367 g/mol. The van der Waals surface area contributed by atoms with Gasteiger partial charge in [0, 0.05) is 27.7 Å². The zero-order chi connectivity index (χ0) is 18.7. The van der Waals surface area contributed by atoms with Crippen LogP contribution in [0.4, 0.5) is 0 Å². The minimum Gasteiger partial charge on any atom is -0.497 e. The fourth-order valence-electron chi connectivity index (χ4n) is 2.78. The van der Waals surface area contributed by atoms with Crippen LogP contribution in [0.2, 0.25) is 10.0 Å². The van der Waals surface area contributed by atoms with Gasteiger partial charge in [0.2, 0.25) is 0 Å². The molecule has 0 unspecified atom stereocenters. The number of aromatic nitrogens is 1. The van der Waals surface area contributed by atoms with Crippen LogP contribution in [0.1, 0.15) is 17.0 Å². The van der Waals surface area contributed by atoms with E-state index in [1.807, 2.05) is 49.4 Å². The molecule has 0 N–H and O–H groups in total. The van der Waals surface area contributed by atoms with Gasteiger partial charge in [-0.2, -0.15) is 5.26 Å². The Morgan fingerprint density at radius 3 is 2.42 bits per heavy atom. The quantitative estimate of drug-likeness (QED) is 0.506. The molecule has 130 valence electrons. The van der Waals surface area contributed by atoms with E-state index in [1.165, 1.54) is 0 Å². The molecule has 0 spiro atoms. The largest absolute Gasteiger partial charge is 0.497 e. The van der Waals surface area contributed by atoms with Gasteiger partial charge in [-0.3, -0.25) is 0 Å². The first kappa shape index (κ1) is 18.1. The minimum absolute atomic E-state index is 0.449. The number of nitriles is 1. The molecule has 0 saturated heterocycles. The summed E-state index contributed by atoms with van der Waals surface area (Å²) in [6, 6.07) is 19.1. The number of benzene rings is 2. The maximum absolute atomic E-state index is 9.64. The first-order chi connectivity index (χ1) is 12.5. The molecule has 1 heterocycles. The Bertz CT molecular complexity index is 1010. The molecule has 3 rings (SSSR count). The molecule has 0 aliphatic rings. The molecule has 0 bridgehead atoms. The van der Waals surface area contributed by atoms with Crippen molar-refractivity contribution in [2.45, 2.75) is 6.92 Å². The molecular formula is C21H16Cl2N2O. The van der Waals surface area contributed by atoms with Crippen molar-refractivity contribution in [1.82, 2.24) is 4.57 Å². The predicted octanol–water partition coefficient (Wildman–Crippen LogP) is 6.17. The Morgan fingerprint density at radius 1 is 1.08 bits per heavy atom. The molecule has 5 heteroatoms. The maximum atomic E-state index is 9.64. The van der Waals surface area contributed by atoms with Crippen molar-refractivity contribution in [2.24, 2.45) is 0 Å². The van der Waals surface area contributed by atoms with Crippen molar-refractivity contribution in [3.8, 4) is 17.5 Å². The van der Waals surface area contributed by atoms with E-state index < -0.39 is 0 Å². The van der Waals surface area contributed by atoms with Crippen LogP contribution in [0.3, 0.4) is 0 Å². The zero-order valence-corrected chi connectivity index (χ0v) is 15.8. The lowest BCUT2D eigenvalue weighted by atomic mass is 10.1. The van der Waals surface area contributed by atoms with Gasteiger partial charge in [-0.25, -0.2) is 0 Å². The Labute approximate surface area is 162 Å². The predicted molar refractivity (Wildman–Crippen MR) is 107 cm³/mol. The van der Waals surface area contributed by atoms with E-state index in [2.05, 4.69) is 10.6 Å². The molecule has 2 aromatic carbocycles. The number of halogens is 2. The molecule has 3 aromatic rings. The lowest BCUT2D eigenvalue weighted by Crippen LogP contribution is -1.99. The highest BCUT2D eigenvalue weighted by Gasteiger charge is 2.11. The lowest BCUT2D eigenvalue weighted by molar-refractivity contribution is 0.414. The Morgan fingerprint density at radius 2 is 1.81 bits per heavy atom. The van der Waals surface area contributed by atoms with Crippen LogP contribution in [0.5, 0.6) is 5.75 Å². The monoisotopic (exact) mass is 382 g/mol. The smallest absolute Gasteiger partial charge is 0.119 e. The molecule has 3 nitrogen and oxygen atoms in total. The first-order valence-corrected chi connectivity index (χ1v) is 8.69. The molecule has 0 radical (unpaired) electrons. The number of rotatable bonds is 4. The van der Waals surface area contributed by atoms with Crippen LogP contribution in [-0.4, -0.2) is 11.7 Å². The van der Waals surface area contributed by atoms with Crippen molar-refractivity contribution < 1.29 is 4.74 Å². The first-order valence-electron chi connectivity index (χ1n) is 7.93. The third kappa shape index (κ3) is 3.62. The van der Waals surface area contributed by atoms with E-state index in [9.17, 15) is 5.26 Å². The summed E-state index contributed by atoms with van der Waals surface area (Å²) in [5, 5.41) is 10.6. The summed E-state index contributed by atoms with van der Waals surface area (Å²) in [5.41, 5.74) is 4.05. The zero-order valence-electron chi connectivity index (χ0n) is 14.3. The molecule has 0 aliphatic heterocycles. The van der Waals surface area contributed by atoms with E-state index >= 15 is 0 Å². The van der Waals surface area contributed by atoms with Gasteiger partial charge in [0.25, 0.3) is 0 Å². The van der Waals surface area contributed by atoms with Crippen molar-refractivity contribution in [3.05, 3.63) is 81.6 Å². The molecule has 1 aromatic heterocycles. The molecule has 26 heavy (non-hydrogen) atoms. The van der Waals surface area contributed by atoms with E-state index in [4.69, 9.17) is 27.9 Å². The molecule has 0 amide bonds. The van der Waals surface area contributed by atoms with Gasteiger partial charge in [-0.05, 0) is 61.5 Å². The van der Waals surface area contributed by atoms with E-state index in [-0.39, 0.29) is 0 Å². The summed E-state index contributed by atoms with van der Waals surface area (Å²) in [5.74, 6) is 0.793. The van der Waals surface area contributed by atoms with Crippen LogP contribution >= 0.6 is 23.2 Å². The SMILES string of the molecule is COc1ccc(-n2c(C)ccc2/C=C(/C#N)c2ccc(Cl)cc2Cl)cc1. The number of allylic oxidation sites excluding steroid dienone is 1. The third-order valence-electron chi connectivity index (χ3n) is 4.07. The second-order valence-corrected chi connectivity index (χ2v) is 6.57. The number of hydrogen-bond acceptors (Lipinski definition) is 2. The van der Waals surface area contributed by atoms with Gasteiger partial charge in [-0.1, -0.05) is 29.3 Å². The highest BCUT2D eigenvalue weighted by molar-refractivity contribution is 6.36. The highest BCUT2D eigenvalue weighted by atomic mass is 35.5. The average Bonchev–Trinajstić information content (AvgIpc) is 3.00. The van der Waals surface area contributed by atoms with Gasteiger partial charge in [-0.15, -0.1) is 0 Å². The Balaban J connectivity index is 2.09. The normalized spacial score (nSPS) is 11.3. The fraction of sp³-hybridized carbons (Fsp3) is 0.0952. The minimum atomic E-state index is 0.449. The van der Waals surface area contributed by atoms with Gasteiger partial charge in [0.05, 0.1) is 23.8 Å². The lowest BCUT2D eigenvalue weighted by Gasteiger charge is -2.11. The molecule has 0 atom stereocenters. The van der Waals surface area contributed by atoms with Crippen molar-refractivity contribution in [1.29, 1.82) is 5.26 Å². The maximum Gasteiger partial charge on any atom is 0.119 e. The summed E-state index contributed by atoms with van der Waals surface area (Å²) in [6.45, 7) is 2.02. The standard InChI is InChI=1S/C21H16Cl2N2O/c1-14-3-5-18(25(14)17-6-8-19(26-2)9-7-17)11-15(13-24)20-10-4-16(22)12-21(20)23/h3-12H,1-2H3/b15-11-. The number of nitrogens with zero attached hydrogens (tertiary/aromatic N) is 2. The number of hydrogen-bond donors (Lipinski definition) is 0. The van der Waals surface area contributed by atoms with E-state index in [0.29, 0.717) is 21.2 Å². The summed E-state index contributed by atoms with van der Waals surface area (Å²) < 4.78 is 7.29. The van der Waals surface area contributed by atoms with Gasteiger partial charge in [0.15, 0.2) is 0 Å². The molecule has 0 fully saturated rings. The van der Waals surface area contributed by atoms with Crippen molar-refractivity contribution in [2.75, 3.05) is 7.11 Å². The van der Waals surface area contributed by atoms with E-state index in [0.717, 1.165) is 22.8 Å². The summed E-state index contributed by atoms with van der Waals surface area (Å²) in [4.78, 5) is 0. The van der Waals surface area contributed by atoms with Crippen LogP contribution in [-0.2, 0) is 0 Å². The van der Waals surface area contributed by atoms with Gasteiger partial charge < -0.3 is 9.30 Å². The Hall–Kier alpha value is -2.67. The van der Waals surface area contributed by atoms with Crippen LogP contribution in [0, 0.1) is 18.3 Å². The average molecular weight is 383 g/mol. The number of ether oxygens (including phenoxy) is 1. The fourth-order valence-corrected chi connectivity index (χ4v) is 3.29. The van der Waals surface area contributed by atoms with Crippen molar-refractivity contribution in [3.63, 3.8) is 0 Å². The van der Waals surface area contributed by atoms with Crippen LogP contribution < -0.4 is 4.74 Å². The van der Waals surface area contributed by atoms with Crippen molar-refractivity contribution >= 4 is 34.9 Å². The van der Waals surface area contributed by atoms with E-state index in [1.54, 1.807) is 25.3 Å². The van der Waals surface area contributed by atoms with Gasteiger partial charge >= 0.3 is 0 Å². The second-order valence-electron chi connectivity index (χ2n) is 5.73. The van der Waals surface area contributed by atoms with Crippen LogP contribution in [0.25, 0.3) is 17.3 Å². The summed E-state index contributed by atoms with van der Waals surface area (Å²) >= 11 is 12.2. The topological polar surface area (TPSA) is 38.0 Å². The molecule has 0 saturated carbocycles.